The van der Waals surface area contributed by atoms with E-state index in [-0.39, 0.29) is 5.69 Å². The molecule has 7 heteroatoms. The lowest BCUT2D eigenvalue weighted by Crippen LogP contribution is -2.36. The van der Waals surface area contributed by atoms with Gasteiger partial charge in [0.1, 0.15) is 11.6 Å². The van der Waals surface area contributed by atoms with Crippen LogP contribution in [-0.4, -0.2) is 37.3 Å². The van der Waals surface area contributed by atoms with Crippen molar-refractivity contribution < 1.29 is 13.9 Å². The second kappa shape index (κ2) is 7.82. The highest BCUT2D eigenvalue weighted by Crippen LogP contribution is 2.26. The SMILES string of the molecule is Cc1cc(N2CCOCC2)nc2ccc(NC(=O)Nc3ccccc3F)cc12. The van der Waals surface area contributed by atoms with Crippen molar-refractivity contribution in [2.24, 2.45) is 0 Å². The number of halogens is 1. The van der Waals surface area contributed by atoms with Gasteiger partial charge in [-0.2, -0.15) is 0 Å². The predicted molar refractivity (Wildman–Crippen MR) is 109 cm³/mol. The molecule has 1 saturated heterocycles. The Kier molecular flexibility index (Phi) is 5.08. The molecule has 0 radical (unpaired) electrons. The van der Waals surface area contributed by atoms with Crippen LogP contribution in [0.15, 0.2) is 48.5 Å². The number of amides is 2. The van der Waals surface area contributed by atoms with Crippen molar-refractivity contribution in [1.29, 1.82) is 0 Å². The van der Waals surface area contributed by atoms with Crippen LogP contribution >= 0.6 is 0 Å². The van der Waals surface area contributed by atoms with Gasteiger partial charge in [0.2, 0.25) is 0 Å². The van der Waals surface area contributed by atoms with Gasteiger partial charge in [-0.1, -0.05) is 12.1 Å². The summed E-state index contributed by atoms with van der Waals surface area (Å²) in [6.07, 6.45) is 0. The first-order chi connectivity index (χ1) is 13.6. The van der Waals surface area contributed by atoms with Crippen molar-refractivity contribution >= 4 is 34.1 Å². The Morgan fingerprint density at radius 3 is 2.68 bits per heavy atom. The summed E-state index contributed by atoms with van der Waals surface area (Å²) in [6.45, 7) is 5.09. The number of benzene rings is 2. The van der Waals surface area contributed by atoms with Crippen molar-refractivity contribution in [3.63, 3.8) is 0 Å². The van der Waals surface area contributed by atoms with E-state index in [1.54, 1.807) is 18.2 Å². The second-order valence-electron chi connectivity index (χ2n) is 6.69. The number of nitrogens with zero attached hydrogens (tertiary/aromatic N) is 2. The number of nitrogens with one attached hydrogen (secondary N) is 2. The molecule has 2 aromatic carbocycles. The van der Waals surface area contributed by atoms with Gasteiger partial charge in [0.25, 0.3) is 0 Å². The number of carbonyl (C=O) groups is 1. The molecule has 6 nitrogen and oxygen atoms in total. The van der Waals surface area contributed by atoms with E-state index in [9.17, 15) is 9.18 Å². The van der Waals surface area contributed by atoms with E-state index >= 15 is 0 Å². The number of pyridine rings is 1. The minimum Gasteiger partial charge on any atom is -0.378 e. The molecule has 28 heavy (non-hydrogen) atoms. The number of hydrogen-bond acceptors (Lipinski definition) is 4. The highest BCUT2D eigenvalue weighted by atomic mass is 19.1. The summed E-state index contributed by atoms with van der Waals surface area (Å²) in [7, 11) is 0. The molecule has 0 unspecified atom stereocenters. The summed E-state index contributed by atoms with van der Waals surface area (Å²) in [5.74, 6) is 0.457. The summed E-state index contributed by atoms with van der Waals surface area (Å²) >= 11 is 0. The lowest BCUT2D eigenvalue weighted by atomic mass is 10.1. The normalized spacial score (nSPS) is 14.1. The lowest BCUT2D eigenvalue weighted by molar-refractivity contribution is 0.122. The fourth-order valence-electron chi connectivity index (χ4n) is 3.26. The van der Waals surface area contributed by atoms with Crippen LogP contribution in [0.5, 0.6) is 0 Å². The van der Waals surface area contributed by atoms with Crippen LogP contribution in [0, 0.1) is 12.7 Å². The lowest BCUT2D eigenvalue weighted by Gasteiger charge is -2.28. The molecule has 0 saturated carbocycles. The number of rotatable bonds is 3. The first kappa shape index (κ1) is 18.2. The number of anilines is 3. The van der Waals surface area contributed by atoms with Crippen LogP contribution in [0.3, 0.4) is 0 Å². The summed E-state index contributed by atoms with van der Waals surface area (Å²) in [5, 5.41) is 6.22. The van der Waals surface area contributed by atoms with Crippen molar-refractivity contribution in [2.75, 3.05) is 41.8 Å². The Morgan fingerprint density at radius 1 is 1.11 bits per heavy atom. The molecule has 1 aromatic heterocycles. The molecule has 2 heterocycles. The number of ether oxygens (including phenoxy) is 1. The molecule has 2 N–H and O–H groups in total. The van der Waals surface area contributed by atoms with Crippen molar-refractivity contribution in [1.82, 2.24) is 4.98 Å². The first-order valence-electron chi connectivity index (χ1n) is 9.17. The Hall–Kier alpha value is -3.19. The van der Waals surface area contributed by atoms with Gasteiger partial charge in [0.05, 0.1) is 24.4 Å². The molecule has 1 aliphatic rings. The number of para-hydroxylation sites is 1. The van der Waals surface area contributed by atoms with E-state index in [1.807, 2.05) is 19.1 Å². The molecule has 2 amide bonds. The van der Waals surface area contributed by atoms with Crippen molar-refractivity contribution in [2.45, 2.75) is 6.92 Å². The fourth-order valence-corrected chi connectivity index (χ4v) is 3.26. The third-order valence-electron chi connectivity index (χ3n) is 4.72. The molecule has 0 atom stereocenters. The van der Waals surface area contributed by atoms with E-state index in [0.717, 1.165) is 35.4 Å². The molecule has 1 aliphatic heterocycles. The number of morpholine rings is 1. The predicted octanol–water partition coefficient (Wildman–Crippen LogP) is 4.16. The molecule has 0 aliphatic carbocycles. The highest BCUT2D eigenvalue weighted by molar-refractivity contribution is 6.01. The standard InChI is InChI=1S/C21H21FN4O2/c1-14-12-20(26-8-10-28-11-9-26)24-18-7-6-15(13-16(14)18)23-21(27)25-19-5-3-2-4-17(19)22/h2-7,12-13H,8-11H2,1H3,(H2,23,25,27). The molecule has 0 spiro atoms. The van der Waals surface area contributed by atoms with Gasteiger partial charge in [0.15, 0.2) is 0 Å². The summed E-state index contributed by atoms with van der Waals surface area (Å²) in [5.41, 5.74) is 2.69. The third kappa shape index (κ3) is 3.89. The summed E-state index contributed by atoms with van der Waals surface area (Å²) < 4.78 is 19.1. The van der Waals surface area contributed by atoms with Crippen molar-refractivity contribution in [3.8, 4) is 0 Å². The number of urea groups is 1. The maximum absolute atomic E-state index is 13.7. The molecule has 3 aromatic rings. The van der Waals surface area contributed by atoms with Gasteiger partial charge in [-0.05, 0) is 48.9 Å². The maximum Gasteiger partial charge on any atom is 0.323 e. The third-order valence-corrected chi connectivity index (χ3v) is 4.72. The average Bonchev–Trinajstić information content (AvgIpc) is 2.71. The smallest absolute Gasteiger partial charge is 0.323 e. The van der Waals surface area contributed by atoms with Gasteiger partial charge in [-0.25, -0.2) is 14.2 Å². The zero-order valence-electron chi connectivity index (χ0n) is 15.5. The Morgan fingerprint density at radius 2 is 1.89 bits per heavy atom. The largest absolute Gasteiger partial charge is 0.378 e. The average molecular weight is 380 g/mol. The number of aryl methyl sites for hydroxylation is 1. The molecule has 4 rings (SSSR count). The van der Waals surface area contributed by atoms with E-state index in [1.165, 1.54) is 12.1 Å². The number of aromatic nitrogens is 1. The van der Waals surface area contributed by atoms with Crippen LogP contribution in [0.1, 0.15) is 5.56 Å². The minimum atomic E-state index is -0.500. The second-order valence-corrected chi connectivity index (χ2v) is 6.69. The van der Waals surface area contributed by atoms with Gasteiger partial charge < -0.3 is 20.3 Å². The van der Waals surface area contributed by atoms with Gasteiger partial charge in [0, 0.05) is 24.2 Å². The fraction of sp³-hybridized carbons (Fsp3) is 0.238. The molecular weight excluding hydrogens is 359 g/mol. The zero-order valence-corrected chi connectivity index (χ0v) is 15.5. The Balaban J connectivity index is 1.53. The van der Waals surface area contributed by atoms with Crippen LogP contribution < -0.4 is 15.5 Å². The van der Waals surface area contributed by atoms with E-state index in [0.29, 0.717) is 18.9 Å². The Labute approximate surface area is 162 Å². The quantitative estimate of drug-likeness (QED) is 0.716. The van der Waals surface area contributed by atoms with Crippen LogP contribution in [0.25, 0.3) is 10.9 Å². The molecule has 144 valence electrons. The number of hydrogen-bond donors (Lipinski definition) is 2. The van der Waals surface area contributed by atoms with Crippen LogP contribution in [-0.2, 0) is 4.74 Å². The maximum atomic E-state index is 13.7. The van der Waals surface area contributed by atoms with E-state index < -0.39 is 11.8 Å². The molecule has 1 fully saturated rings. The van der Waals surface area contributed by atoms with Crippen molar-refractivity contribution in [3.05, 3.63) is 59.9 Å². The Bertz CT molecular complexity index is 1020. The van der Waals surface area contributed by atoms with E-state index in [2.05, 4.69) is 21.6 Å². The first-order valence-corrected chi connectivity index (χ1v) is 9.17. The van der Waals surface area contributed by atoms with Gasteiger partial charge in [-0.15, -0.1) is 0 Å². The highest BCUT2D eigenvalue weighted by Gasteiger charge is 2.14. The zero-order chi connectivity index (χ0) is 19.5. The van der Waals surface area contributed by atoms with Crippen LogP contribution in [0.4, 0.5) is 26.4 Å². The molecular formula is C21H21FN4O2. The van der Waals surface area contributed by atoms with Gasteiger partial charge in [-0.3, -0.25) is 0 Å². The number of fused-ring (bicyclic) bond motifs is 1. The summed E-state index contributed by atoms with van der Waals surface area (Å²) in [4.78, 5) is 19.2. The van der Waals surface area contributed by atoms with E-state index in [4.69, 9.17) is 9.72 Å². The minimum absolute atomic E-state index is 0.133. The summed E-state index contributed by atoms with van der Waals surface area (Å²) in [6, 6.07) is 13.1. The van der Waals surface area contributed by atoms with Crippen LogP contribution in [0.2, 0.25) is 0 Å². The topological polar surface area (TPSA) is 66.5 Å². The molecule has 0 bridgehead atoms. The monoisotopic (exact) mass is 380 g/mol. The number of carbonyl (C=O) groups excluding carboxylic acids is 1. The van der Waals surface area contributed by atoms with Gasteiger partial charge >= 0.3 is 6.03 Å².